The van der Waals surface area contributed by atoms with Crippen LogP contribution in [0.15, 0.2) is 73.1 Å². The number of nitrogens with zero attached hydrogens (tertiary/aromatic N) is 3. The maximum atomic E-state index is 12.6. The third-order valence-corrected chi connectivity index (χ3v) is 5.57. The highest BCUT2D eigenvalue weighted by atomic mass is 16.5. The molecule has 0 aliphatic heterocycles. The second-order valence-electron chi connectivity index (χ2n) is 9.36. The van der Waals surface area contributed by atoms with E-state index in [-0.39, 0.29) is 11.4 Å². The quantitative estimate of drug-likeness (QED) is 0.285. The van der Waals surface area contributed by atoms with Crippen molar-refractivity contribution in [1.82, 2.24) is 15.0 Å². The number of anilines is 3. The first-order valence-corrected chi connectivity index (χ1v) is 11.7. The van der Waals surface area contributed by atoms with Gasteiger partial charge in [0, 0.05) is 30.8 Å². The largest absolute Gasteiger partial charge is 0.438 e. The van der Waals surface area contributed by atoms with Crippen LogP contribution in [-0.2, 0) is 5.41 Å². The first-order valence-electron chi connectivity index (χ1n) is 11.7. The van der Waals surface area contributed by atoms with Gasteiger partial charge < -0.3 is 20.7 Å². The van der Waals surface area contributed by atoms with Crippen molar-refractivity contribution in [1.29, 1.82) is 0 Å². The van der Waals surface area contributed by atoms with Crippen LogP contribution in [0.5, 0.6) is 11.6 Å². The van der Waals surface area contributed by atoms with Crippen LogP contribution in [0, 0.1) is 6.92 Å². The third-order valence-electron chi connectivity index (χ3n) is 5.57. The molecule has 8 nitrogen and oxygen atoms in total. The van der Waals surface area contributed by atoms with E-state index in [2.05, 4.69) is 57.7 Å². The van der Waals surface area contributed by atoms with E-state index in [1.54, 1.807) is 31.6 Å². The molecular weight excluding hydrogens is 452 g/mol. The molecule has 0 aliphatic rings. The van der Waals surface area contributed by atoms with E-state index < -0.39 is 0 Å². The Labute approximate surface area is 211 Å². The maximum Gasteiger partial charge on any atom is 0.323 e. The van der Waals surface area contributed by atoms with Gasteiger partial charge in [-0.05, 0) is 72.0 Å². The highest BCUT2D eigenvalue weighted by Gasteiger charge is 2.15. The van der Waals surface area contributed by atoms with E-state index in [1.165, 1.54) is 0 Å². The summed E-state index contributed by atoms with van der Waals surface area (Å²) in [5.74, 6) is 1.53. The zero-order valence-corrected chi connectivity index (χ0v) is 21.1. The van der Waals surface area contributed by atoms with E-state index in [0.29, 0.717) is 29.0 Å². The summed E-state index contributed by atoms with van der Waals surface area (Å²) in [5.41, 5.74) is 4.86. The minimum absolute atomic E-state index is 0.00327. The summed E-state index contributed by atoms with van der Waals surface area (Å²) in [5, 5.41) is 8.76. The van der Waals surface area contributed by atoms with Crippen molar-refractivity contribution >= 4 is 23.4 Å². The van der Waals surface area contributed by atoms with Crippen LogP contribution >= 0.6 is 0 Å². The molecule has 36 heavy (non-hydrogen) atoms. The third kappa shape index (κ3) is 5.96. The molecule has 0 aliphatic carbocycles. The lowest BCUT2D eigenvalue weighted by molar-refractivity contribution is 0.262. The molecule has 4 aromatic rings. The molecule has 4 rings (SSSR count). The molecule has 184 valence electrons. The number of carbonyl (C=O) groups excluding carboxylic acids is 1. The fourth-order valence-corrected chi connectivity index (χ4v) is 3.60. The molecule has 0 saturated carbocycles. The normalized spacial score (nSPS) is 11.0. The SMILES string of the molecule is CNc1nccc(-c2cccnc2Oc2ccc(NC(=O)Nc3cccc(C(C)(C)C)c3)c(C)c2)n1. The first kappa shape index (κ1) is 24.7. The fourth-order valence-electron chi connectivity index (χ4n) is 3.60. The summed E-state index contributed by atoms with van der Waals surface area (Å²) in [7, 11) is 1.77. The van der Waals surface area contributed by atoms with Gasteiger partial charge in [0.15, 0.2) is 0 Å². The van der Waals surface area contributed by atoms with Crippen LogP contribution in [0.4, 0.5) is 22.1 Å². The number of pyridine rings is 1. The van der Waals surface area contributed by atoms with Gasteiger partial charge in [0.2, 0.25) is 11.8 Å². The second kappa shape index (κ2) is 10.4. The number of aromatic nitrogens is 3. The second-order valence-corrected chi connectivity index (χ2v) is 9.36. The number of aryl methyl sites for hydroxylation is 1. The summed E-state index contributed by atoms with van der Waals surface area (Å²) >= 11 is 0. The Hall–Kier alpha value is -4.46. The number of rotatable bonds is 6. The van der Waals surface area contributed by atoms with Crippen molar-refractivity contribution in [2.24, 2.45) is 0 Å². The van der Waals surface area contributed by atoms with Crippen molar-refractivity contribution in [3.63, 3.8) is 0 Å². The Morgan fingerprint density at radius 1 is 0.917 bits per heavy atom. The molecule has 0 bridgehead atoms. The van der Waals surface area contributed by atoms with Gasteiger partial charge in [0.05, 0.1) is 11.3 Å². The van der Waals surface area contributed by atoms with Crippen molar-refractivity contribution in [3.8, 4) is 22.9 Å². The summed E-state index contributed by atoms with van der Waals surface area (Å²) < 4.78 is 6.10. The molecule has 3 N–H and O–H groups in total. The molecule has 2 heterocycles. The van der Waals surface area contributed by atoms with Crippen LogP contribution in [0.25, 0.3) is 11.3 Å². The van der Waals surface area contributed by atoms with Crippen LogP contribution < -0.4 is 20.7 Å². The molecule has 0 radical (unpaired) electrons. The van der Waals surface area contributed by atoms with Gasteiger partial charge in [-0.3, -0.25) is 0 Å². The molecule has 0 fully saturated rings. The van der Waals surface area contributed by atoms with Crippen molar-refractivity contribution in [2.45, 2.75) is 33.1 Å². The Kier molecular flexibility index (Phi) is 7.15. The average Bonchev–Trinajstić information content (AvgIpc) is 2.86. The highest BCUT2D eigenvalue weighted by Crippen LogP contribution is 2.32. The number of benzene rings is 2. The number of hydrogen-bond donors (Lipinski definition) is 3. The van der Waals surface area contributed by atoms with E-state index in [4.69, 9.17) is 4.74 Å². The van der Waals surface area contributed by atoms with Crippen LogP contribution in [0.3, 0.4) is 0 Å². The number of nitrogens with one attached hydrogen (secondary N) is 3. The molecule has 0 saturated heterocycles. The van der Waals surface area contributed by atoms with Gasteiger partial charge in [-0.2, -0.15) is 0 Å². The van der Waals surface area contributed by atoms with E-state index in [1.807, 2.05) is 49.4 Å². The first-order chi connectivity index (χ1) is 17.2. The zero-order chi connectivity index (χ0) is 25.7. The number of urea groups is 1. The molecule has 0 unspecified atom stereocenters. The lowest BCUT2D eigenvalue weighted by Crippen LogP contribution is -2.20. The van der Waals surface area contributed by atoms with E-state index in [0.717, 1.165) is 22.4 Å². The highest BCUT2D eigenvalue weighted by molar-refractivity contribution is 6.00. The number of carbonyl (C=O) groups is 1. The van der Waals surface area contributed by atoms with Gasteiger partial charge in [0.25, 0.3) is 0 Å². The lowest BCUT2D eigenvalue weighted by Gasteiger charge is -2.20. The standard InChI is InChI=1S/C28H30N6O2/c1-18-16-21(36-25-22(10-7-14-30-25)24-13-15-31-26(29-5)33-24)11-12-23(18)34-27(35)32-20-9-6-8-19(17-20)28(2,3)4/h6-17H,1-5H3,(H,29,31,33)(H2,32,34,35). The predicted octanol–water partition coefficient (Wildman–Crippen LogP) is 6.62. The summed E-state index contributed by atoms with van der Waals surface area (Å²) in [6.45, 7) is 8.33. The molecule has 2 aromatic carbocycles. The lowest BCUT2D eigenvalue weighted by atomic mass is 9.87. The van der Waals surface area contributed by atoms with Gasteiger partial charge in [-0.1, -0.05) is 32.9 Å². The number of amides is 2. The van der Waals surface area contributed by atoms with Crippen LogP contribution in [-0.4, -0.2) is 28.0 Å². The summed E-state index contributed by atoms with van der Waals surface area (Å²) in [6, 6.07) is 18.5. The topological polar surface area (TPSA) is 101 Å². The van der Waals surface area contributed by atoms with Gasteiger partial charge in [0.1, 0.15) is 5.75 Å². The van der Waals surface area contributed by atoms with Crippen LogP contribution in [0.2, 0.25) is 0 Å². The fraction of sp³-hybridized carbons (Fsp3) is 0.214. The number of ether oxygens (including phenoxy) is 1. The summed E-state index contributed by atoms with van der Waals surface area (Å²) in [6.07, 6.45) is 3.35. The average molecular weight is 483 g/mol. The van der Waals surface area contributed by atoms with Crippen molar-refractivity contribution in [3.05, 3.63) is 84.2 Å². The molecule has 2 amide bonds. The monoisotopic (exact) mass is 482 g/mol. The Balaban J connectivity index is 1.47. The molecule has 8 heteroatoms. The molecule has 2 aromatic heterocycles. The smallest absolute Gasteiger partial charge is 0.323 e. The van der Waals surface area contributed by atoms with Crippen LogP contribution in [0.1, 0.15) is 31.9 Å². The van der Waals surface area contributed by atoms with Gasteiger partial charge >= 0.3 is 6.03 Å². The summed E-state index contributed by atoms with van der Waals surface area (Å²) in [4.78, 5) is 25.7. The Morgan fingerprint density at radius 3 is 2.50 bits per heavy atom. The Bertz CT molecular complexity index is 1380. The van der Waals surface area contributed by atoms with Gasteiger partial charge in [-0.15, -0.1) is 0 Å². The zero-order valence-electron chi connectivity index (χ0n) is 21.1. The maximum absolute atomic E-state index is 12.6. The molecule has 0 spiro atoms. The number of hydrogen-bond acceptors (Lipinski definition) is 6. The van der Waals surface area contributed by atoms with Crippen molar-refractivity contribution in [2.75, 3.05) is 23.0 Å². The molecule has 0 atom stereocenters. The minimum Gasteiger partial charge on any atom is -0.438 e. The van der Waals surface area contributed by atoms with Crippen molar-refractivity contribution < 1.29 is 9.53 Å². The minimum atomic E-state index is -0.311. The Morgan fingerprint density at radius 2 is 1.75 bits per heavy atom. The van der Waals surface area contributed by atoms with E-state index in [9.17, 15) is 4.79 Å². The van der Waals surface area contributed by atoms with E-state index >= 15 is 0 Å². The molecular formula is C28H30N6O2. The predicted molar refractivity (Wildman–Crippen MR) is 144 cm³/mol. The van der Waals surface area contributed by atoms with Gasteiger partial charge in [-0.25, -0.2) is 19.7 Å².